The molecule has 8 bridgehead atoms. The van der Waals surface area contributed by atoms with Gasteiger partial charge in [0.15, 0.2) is 0 Å². The fourth-order valence-corrected chi connectivity index (χ4v) is 7.06. The van der Waals surface area contributed by atoms with E-state index in [4.69, 9.17) is 25.3 Å². The Morgan fingerprint density at radius 3 is 0.948 bits per heavy atom. The first-order chi connectivity index (χ1) is 28.2. The van der Waals surface area contributed by atoms with Gasteiger partial charge >= 0.3 is 17.1 Å². The fourth-order valence-electron chi connectivity index (χ4n) is 7.06. The molecule has 0 atom stereocenters. The number of fused-ring (bicyclic) bond motifs is 8. The molecule has 0 unspecified atom stereocenters. The van der Waals surface area contributed by atoms with Gasteiger partial charge in [-0.1, -0.05) is 170 Å². The molecule has 58 heavy (non-hydrogen) atoms. The van der Waals surface area contributed by atoms with Crippen LogP contribution in [0.4, 0.5) is 0 Å². The van der Waals surface area contributed by atoms with Crippen LogP contribution in [0, 0.1) is 0 Å². The Morgan fingerprint density at radius 2 is 0.741 bits per heavy atom. The molecule has 0 spiro atoms. The van der Waals surface area contributed by atoms with Crippen LogP contribution in [0.2, 0.25) is 0 Å². The summed E-state index contributed by atoms with van der Waals surface area (Å²) in [5.41, 5.74) is 15.0. The molecule has 0 amide bonds. The van der Waals surface area contributed by atoms with E-state index in [2.05, 4.69) is 163 Å². The molecule has 7 aromatic rings. The number of rotatable bonds is 4. The number of isothiocyanates is 1. The van der Waals surface area contributed by atoms with Gasteiger partial charge < -0.3 is 20.7 Å². The Balaban J connectivity index is 0.000000460. The van der Waals surface area contributed by atoms with Crippen molar-refractivity contribution in [1.29, 1.82) is 0 Å². The molecule has 4 aromatic carbocycles. The Morgan fingerprint density at radius 1 is 0.448 bits per heavy atom. The summed E-state index contributed by atoms with van der Waals surface area (Å²) in [6.45, 7) is 0.858. The number of nitrogens with zero attached hydrogens (tertiary/aromatic N) is 6. The zero-order valence-electron chi connectivity index (χ0n) is 31.1. The van der Waals surface area contributed by atoms with Gasteiger partial charge in [-0.3, -0.25) is 0 Å². The third-order valence-corrected chi connectivity index (χ3v) is 9.51. The molecule has 0 saturated carbocycles. The van der Waals surface area contributed by atoms with Crippen LogP contribution < -0.4 is 9.97 Å². The molecule has 6 heterocycles. The first kappa shape index (κ1) is 39.3. The van der Waals surface area contributed by atoms with Crippen molar-refractivity contribution in [2.75, 3.05) is 6.54 Å². The predicted octanol–water partition coefficient (Wildman–Crippen LogP) is 12.7. The zero-order chi connectivity index (χ0) is 38.8. The van der Waals surface area contributed by atoms with Gasteiger partial charge in [-0.05, 0) is 68.8 Å². The van der Waals surface area contributed by atoms with E-state index in [9.17, 15) is 0 Å². The molecule has 0 aliphatic carbocycles. The van der Waals surface area contributed by atoms with Crippen molar-refractivity contribution in [2.24, 2.45) is 0 Å². The van der Waals surface area contributed by atoms with Gasteiger partial charge in [0.25, 0.3) is 0 Å². The smallest absolute Gasteiger partial charge is 0.753 e. The molecule has 8 heteroatoms. The summed E-state index contributed by atoms with van der Waals surface area (Å²) >= 11 is 3.70. The molecule has 0 fully saturated rings. The maximum atomic E-state index is 7.13. The second-order valence-electron chi connectivity index (χ2n) is 13.1. The Hall–Kier alpha value is -6.92. The summed E-state index contributed by atoms with van der Waals surface area (Å²) in [5, 5.41) is 12.4. The van der Waals surface area contributed by atoms with Gasteiger partial charge in [0, 0.05) is 0 Å². The molecule has 0 radical (unpaired) electrons. The van der Waals surface area contributed by atoms with Gasteiger partial charge in [-0.25, -0.2) is 9.97 Å². The van der Waals surface area contributed by atoms with E-state index in [1.165, 1.54) is 5.16 Å². The summed E-state index contributed by atoms with van der Waals surface area (Å²) in [6.07, 6.45) is 16.1. The van der Waals surface area contributed by atoms with E-state index in [1.807, 2.05) is 42.5 Å². The van der Waals surface area contributed by atoms with Crippen LogP contribution in [-0.2, 0) is 17.1 Å². The largest absolute Gasteiger partial charge is 4.00 e. The van der Waals surface area contributed by atoms with E-state index < -0.39 is 0 Å². The maximum Gasteiger partial charge on any atom is 4.00 e. The topological polar surface area (TPSA) is 90.4 Å². The molecule has 6 nitrogen and oxygen atoms in total. The van der Waals surface area contributed by atoms with E-state index in [-0.39, 0.29) is 17.1 Å². The van der Waals surface area contributed by atoms with E-state index in [0.29, 0.717) is 0 Å². The number of benzene rings is 4. The zero-order valence-corrected chi connectivity index (χ0v) is 33.0. The fraction of sp³-hybridized carbons (Fsp3) is 0.0200. The summed E-state index contributed by atoms with van der Waals surface area (Å²) < 4.78 is 0. The van der Waals surface area contributed by atoms with Crippen molar-refractivity contribution in [2.45, 2.75) is 0 Å². The molecule has 0 saturated heterocycles. The van der Waals surface area contributed by atoms with E-state index in [0.717, 1.165) is 95.9 Å². The minimum Gasteiger partial charge on any atom is -0.753 e. The van der Waals surface area contributed by atoms with Crippen LogP contribution >= 0.6 is 12.2 Å². The van der Waals surface area contributed by atoms with E-state index in [1.54, 1.807) is 6.20 Å². The summed E-state index contributed by atoms with van der Waals surface area (Å²) in [5.74, 6) is 0. The first-order valence-electron chi connectivity index (χ1n) is 18.5. The average molecular weight is 807 g/mol. The van der Waals surface area contributed by atoms with Crippen molar-refractivity contribution in [3.8, 4) is 44.5 Å². The molecular formula is C50H34FeN6S. The van der Waals surface area contributed by atoms with Crippen molar-refractivity contribution in [1.82, 2.24) is 19.9 Å². The minimum absolute atomic E-state index is 0. The molecule has 0 N–H and O–H groups in total. The molecule has 3 aliphatic rings. The standard InChI is InChI=1S/C44H28N4.C5H6N.CNS.Fe/c1-5-13-29(14-6-1)41-33-21-23-35(45-33)42(30-15-7-2-8-16-30)37-25-27-39(47-37)44(32-19-11-4-12-20-32)40-28-26-38(48-40)43(31-17-9-3-10-18-31)36-24-22-34(41)46-36;1-2-4-6-5-3-1;2-1-3;/h1-28H;1-4H,5H2;;/q-2;2*-1;+4. The second kappa shape index (κ2) is 18.8. The van der Waals surface area contributed by atoms with Crippen LogP contribution in [0.5, 0.6) is 0 Å². The SMILES string of the molecule is C1=CC[N-]C=C1.C1=Cc2nc1c(-c1ccccc1)c1ccc([n-]1)c(-c1ccccc1)c1nc(c(-c3ccccc3)c3ccc([n-]3)c2-c2ccccc2)C=C1.[Fe+4].[N-]=C=S. The van der Waals surface area contributed by atoms with Crippen molar-refractivity contribution >= 4 is 63.8 Å². The normalized spacial score (nSPS) is 11.9. The monoisotopic (exact) mass is 806 g/mol. The van der Waals surface area contributed by atoms with Crippen LogP contribution in [0.3, 0.4) is 0 Å². The Kier molecular flexibility index (Phi) is 12.8. The Bertz CT molecular complexity index is 2490. The number of hydrogen-bond acceptors (Lipinski definition) is 3. The van der Waals surface area contributed by atoms with Gasteiger partial charge in [0.1, 0.15) is 0 Å². The molecular weight excluding hydrogens is 773 g/mol. The van der Waals surface area contributed by atoms with Crippen LogP contribution in [0.25, 0.3) is 102 Å². The molecule has 278 valence electrons. The molecule has 3 aliphatic heterocycles. The van der Waals surface area contributed by atoms with E-state index >= 15 is 0 Å². The van der Waals surface area contributed by atoms with Gasteiger partial charge in [0.2, 0.25) is 0 Å². The van der Waals surface area contributed by atoms with Crippen molar-refractivity contribution < 1.29 is 17.1 Å². The third-order valence-electron chi connectivity index (χ3n) is 9.51. The quantitative estimate of drug-likeness (QED) is 0.100. The number of allylic oxidation sites excluding steroid dienone is 2. The third kappa shape index (κ3) is 8.57. The maximum absolute atomic E-state index is 7.13. The average Bonchev–Trinajstić information content (AvgIpc) is 4.12. The summed E-state index contributed by atoms with van der Waals surface area (Å²) in [6, 6.07) is 50.0. The predicted molar refractivity (Wildman–Crippen MR) is 241 cm³/mol. The second-order valence-corrected chi connectivity index (χ2v) is 13.2. The Labute approximate surface area is 353 Å². The van der Waals surface area contributed by atoms with Gasteiger partial charge in [-0.15, -0.1) is 34.7 Å². The van der Waals surface area contributed by atoms with Crippen LogP contribution in [0.1, 0.15) is 22.8 Å². The van der Waals surface area contributed by atoms with Crippen molar-refractivity contribution in [3.05, 3.63) is 204 Å². The van der Waals surface area contributed by atoms with Crippen molar-refractivity contribution in [3.63, 3.8) is 0 Å². The number of hydrogen-bond donors (Lipinski definition) is 0. The van der Waals surface area contributed by atoms with Crippen LogP contribution in [0.15, 0.2) is 170 Å². The van der Waals surface area contributed by atoms with Gasteiger partial charge in [0.05, 0.1) is 22.8 Å². The minimum atomic E-state index is 0. The van der Waals surface area contributed by atoms with Gasteiger partial charge in [-0.2, -0.15) is 11.4 Å². The summed E-state index contributed by atoms with van der Waals surface area (Å²) in [7, 11) is 0. The number of aromatic nitrogens is 4. The molecule has 3 aromatic heterocycles. The van der Waals surface area contributed by atoms with Crippen LogP contribution in [-0.4, -0.2) is 21.7 Å². The first-order valence-corrected chi connectivity index (χ1v) is 18.9. The molecule has 10 rings (SSSR count). The summed E-state index contributed by atoms with van der Waals surface area (Å²) in [4.78, 5) is 21.2. The number of thiocarbonyl (C=S) groups is 1.